The van der Waals surface area contributed by atoms with Gasteiger partial charge in [0.1, 0.15) is 5.15 Å². The zero-order chi connectivity index (χ0) is 13.4. The molecule has 0 radical (unpaired) electrons. The van der Waals surface area contributed by atoms with Gasteiger partial charge in [-0.05, 0) is 12.1 Å². The maximum absolute atomic E-state index is 6.14. The molecule has 94 valence electrons. The number of rotatable bonds is 1. The second kappa shape index (κ2) is 5.62. The van der Waals surface area contributed by atoms with E-state index in [1.807, 2.05) is 0 Å². The van der Waals surface area contributed by atoms with E-state index in [1.165, 1.54) is 0 Å². The van der Waals surface area contributed by atoms with Gasteiger partial charge in [0, 0.05) is 17.3 Å². The van der Waals surface area contributed by atoms with Gasteiger partial charge in [0.15, 0.2) is 0 Å². The zero-order valence-corrected chi connectivity index (χ0v) is 13.0. The summed E-state index contributed by atoms with van der Waals surface area (Å²) in [7, 11) is 0. The molecule has 0 fully saturated rings. The summed E-state index contributed by atoms with van der Waals surface area (Å²) in [6.07, 6.45) is 1.55. The SMILES string of the molecule is Clc1ncccc1-c1c(Cl)c(Cl)c(Cl)c(Cl)c1Cl. The number of hydrogen-bond donors (Lipinski definition) is 0. The molecule has 18 heavy (non-hydrogen) atoms. The van der Waals surface area contributed by atoms with Crippen LogP contribution in [0.3, 0.4) is 0 Å². The largest absolute Gasteiger partial charge is 0.244 e. The summed E-state index contributed by atoms with van der Waals surface area (Å²) in [4.78, 5) is 3.95. The highest BCUT2D eigenvalue weighted by atomic mass is 35.5. The average Bonchev–Trinajstić information content (AvgIpc) is 2.36. The van der Waals surface area contributed by atoms with Gasteiger partial charge in [-0.1, -0.05) is 69.6 Å². The summed E-state index contributed by atoms with van der Waals surface area (Å²) >= 11 is 36.2. The van der Waals surface area contributed by atoms with Gasteiger partial charge in [-0.25, -0.2) is 4.98 Å². The lowest BCUT2D eigenvalue weighted by molar-refractivity contribution is 1.33. The van der Waals surface area contributed by atoms with Crippen LogP contribution in [-0.4, -0.2) is 4.98 Å². The molecule has 0 aliphatic heterocycles. The second-order valence-electron chi connectivity index (χ2n) is 3.29. The van der Waals surface area contributed by atoms with Crippen LogP contribution in [0.4, 0.5) is 0 Å². The van der Waals surface area contributed by atoms with Crippen molar-refractivity contribution in [2.45, 2.75) is 0 Å². The highest BCUT2D eigenvalue weighted by molar-refractivity contribution is 6.56. The maximum atomic E-state index is 6.14. The van der Waals surface area contributed by atoms with E-state index in [0.29, 0.717) is 11.1 Å². The molecule has 1 aromatic heterocycles. The highest BCUT2D eigenvalue weighted by Gasteiger charge is 2.21. The van der Waals surface area contributed by atoms with Crippen molar-refractivity contribution in [3.05, 3.63) is 48.6 Å². The molecular weight excluding hydrogens is 359 g/mol. The van der Waals surface area contributed by atoms with Crippen LogP contribution in [0.2, 0.25) is 30.3 Å². The van der Waals surface area contributed by atoms with E-state index in [-0.39, 0.29) is 30.3 Å². The lowest BCUT2D eigenvalue weighted by atomic mass is 10.1. The summed E-state index contributed by atoms with van der Waals surface area (Å²) in [6, 6.07) is 3.41. The summed E-state index contributed by atoms with van der Waals surface area (Å²) in [5.74, 6) is 0. The van der Waals surface area contributed by atoms with Gasteiger partial charge in [-0.15, -0.1) is 0 Å². The number of pyridine rings is 1. The maximum Gasteiger partial charge on any atom is 0.136 e. The van der Waals surface area contributed by atoms with Crippen molar-refractivity contribution in [1.29, 1.82) is 0 Å². The smallest absolute Gasteiger partial charge is 0.136 e. The van der Waals surface area contributed by atoms with Gasteiger partial charge in [-0.2, -0.15) is 0 Å². The third-order valence-corrected chi connectivity index (χ3v) is 4.82. The molecule has 0 atom stereocenters. The van der Waals surface area contributed by atoms with Gasteiger partial charge >= 0.3 is 0 Å². The fourth-order valence-corrected chi connectivity index (χ4v) is 2.97. The average molecular weight is 362 g/mol. The molecule has 0 aliphatic rings. The van der Waals surface area contributed by atoms with Gasteiger partial charge in [-0.3, -0.25) is 0 Å². The molecule has 0 amide bonds. The quantitative estimate of drug-likeness (QED) is 0.314. The molecule has 0 spiro atoms. The fourth-order valence-electron chi connectivity index (χ4n) is 1.41. The Bertz CT molecular complexity index is 596. The van der Waals surface area contributed by atoms with E-state index >= 15 is 0 Å². The van der Waals surface area contributed by atoms with Crippen molar-refractivity contribution >= 4 is 69.6 Å². The third-order valence-electron chi connectivity index (χ3n) is 2.24. The molecule has 0 N–H and O–H groups in total. The first-order valence-electron chi connectivity index (χ1n) is 4.57. The molecule has 1 aromatic carbocycles. The first-order valence-corrected chi connectivity index (χ1v) is 6.84. The van der Waals surface area contributed by atoms with Crippen LogP contribution in [0, 0.1) is 0 Å². The van der Waals surface area contributed by atoms with Crippen LogP contribution >= 0.6 is 69.6 Å². The molecule has 0 saturated carbocycles. The number of halogens is 6. The van der Waals surface area contributed by atoms with Gasteiger partial charge in [0.2, 0.25) is 0 Å². The molecule has 1 nitrogen and oxygen atoms in total. The second-order valence-corrected chi connectivity index (χ2v) is 5.53. The van der Waals surface area contributed by atoms with Crippen molar-refractivity contribution in [3.8, 4) is 11.1 Å². The van der Waals surface area contributed by atoms with Crippen LogP contribution < -0.4 is 0 Å². The van der Waals surface area contributed by atoms with E-state index in [4.69, 9.17) is 69.6 Å². The predicted octanol–water partition coefficient (Wildman–Crippen LogP) is 6.67. The van der Waals surface area contributed by atoms with Gasteiger partial charge < -0.3 is 0 Å². The molecule has 7 heteroatoms. The molecule has 1 heterocycles. The Hall–Kier alpha value is 0.110. The standard InChI is InChI=1S/C11H3Cl6N/c12-6-5(4-2-1-3-18-11(4)17)7(13)9(15)10(16)8(6)14/h1-3H. The molecular formula is C11H3Cl6N. The minimum Gasteiger partial charge on any atom is -0.244 e. The van der Waals surface area contributed by atoms with Gasteiger partial charge in [0.05, 0.1) is 25.1 Å². The van der Waals surface area contributed by atoms with E-state index in [9.17, 15) is 0 Å². The van der Waals surface area contributed by atoms with Crippen molar-refractivity contribution in [2.75, 3.05) is 0 Å². The van der Waals surface area contributed by atoms with E-state index in [1.54, 1.807) is 18.3 Å². The monoisotopic (exact) mass is 359 g/mol. The summed E-state index contributed by atoms with van der Waals surface area (Å²) in [6.45, 7) is 0. The minimum atomic E-state index is 0.108. The Morgan fingerprint density at radius 2 is 1.22 bits per heavy atom. The first-order chi connectivity index (χ1) is 8.45. The first kappa shape index (κ1) is 14.5. The fraction of sp³-hybridized carbons (Fsp3) is 0. The molecule has 0 unspecified atom stereocenters. The number of aromatic nitrogens is 1. The van der Waals surface area contributed by atoms with Crippen LogP contribution in [-0.2, 0) is 0 Å². The van der Waals surface area contributed by atoms with Crippen LogP contribution in [0.5, 0.6) is 0 Å². The van der Waals surface area contributed by atoms with E-state index in [2.05, 4.69) is 4.98 Å². The normalized spacial score (nSPS) is 10.8. The molecule has 0 bridgehead atoms. The van der Waals surface area contributed by atoms with Gasteiger partial charge in [0.25, 0.3) is 0 Å². The molecule has 0 saturated heterocycles. The summed E-state index contributed by atoms with van der Waals surface area (Å²) in [5, 5.41) is 0.982. The number of hydrogen-bond acceptors (Lipinski definition) is 1. The minimum absolute atomic E-state index is 0.108. The molecule has 0 aliphatic carbocycles. The lowest BCUT2D eigenvalue weighted by Crippen LogP contribution is -1.89. The molecule has 2 rings (SSSR count). The Labute approximate surface area is 134 Å². The lowest BCUT2D eigenvalue weighted by Gasteiger charge is -2.13. The van der Waals surface area contributed by atoms with Crippen molar-refractivity contribution < 1.29 is 0 Å². The third kappa shape index (κ3) is 2.40. The van der Waals surface area contributed by atoms with Crippen molar-refractivity contribution in [2.24, 2.45) is 0 Å². The Balaban J connectivity index is 2.85. The van der Waals surface area contributed by atoms with Crippen LogP contribution in [0.15, 0.2) is 18.3 Å². The highest BCUT2D eigenvalue weighted by Crippen LogP contribution is 2.49. The van der Waals surface area contributed by atoms with Crippen molar-refractivity contribution in [3.63, 3.8) is 0 Å². The Morgan fingerprint density at radius 1 is 0.722 bits per heavy atom. The Morgan fingerprint density at radius 3 is 1.72 bits per heavy atom. The Kier molecular flexibility index (Phi) is 4.53. The number of benzene rings is 1. The molecule has 2 aromatic rings. The zero-order valence-electron chi connectivity index (χ0n) is 8.45. The summed E-state index contributed by atoms with van der Waals surface area (Å²) < 4.78 is 0. The van der Waals surface area contributed by atoms with E-state index in [0.717, 1.165) is 0 Å². The topological polar surface area (TPSA) is 12.9 Å². The van der Waals surface area contributed by atoms with Crippen LogP contribution in [0.25, 0.3) is 11.1 Å². The van der Waals surface area contributed by atoms with Crippen LogP contribution in [0.1, 0.15) is 0 Å². The number of nitrogens with zero attached hydrogens (tertiary/aromatic N) is 1. The predicted molar refractivity (Wildman–Crippen MR) is 79.7 cm³/mol. The van der Waals surface area contributed by atoms with E-state index < -0.39 is 0 Å². The van der Waals surface area contributed by atoms with Crippen molar-refractivity contribution in [1.82, 2.24) is 4.98 Å². The summed E-state index contributed by atoms with van der Waals surface area (Å²) in [5.41, 5.74) is 0.950.